The molecule has 0 aliphatic carbocycles. The smallest absolute Gasteiger partial charge is 0.264 e. The summed E-state index contributed by atoms with van der Waals surface area (Å²) in [7, 11) is 0. The molecule has 1 aromatic carbocycles. The summed E-state index contributed by atoms with van der Waals surface area (Å²) in [5.74, 6) is 0.131. The van der Waals surface area contributed by atoms with Gasteiger partial charge in [-0.2, -0.15) is 0 Å². The number of carbonyl (C=O) groups excluding carboxylic acids is 1. The Labute approximate surface area is 110 Å². The molecule has 0 unspecified atom stereocenters. The molecule has 0 radical (unpaired) electrons. The number of rotatable bonds is 1. The fourth-order valence-electron chi connectivity index (χ4n) is 2.44. The van der Waals surface area contributed by atoms with Gasteiger partial charge in [0.15, 0.2) is 0 Å². The lowest BCUT2D eigenvalue weighted by atomic mass is 10.1. The van der Waals surface area contributed by atoms with E-state index in [1.54, 1.807) is 11.3 Å². The molecule has 1 amide bonds. The van der Waals surface area contributed by atoms with Gasteiger partial charge < -0.3 is 10.6 Å². The maximum atomic E-state index is 12.4. The standard InChI is InChI=1S/C14H16N2OS/c15-11-5-3-7-16(9-11)14(17)13-8-10-4-1-2-6-12(10)18-13/h1-2,4,6,8,11H,3,5,7,9,15H2/t11-/m1/s1. The molecule has 2 aromatic rings. The number of nitrogens with two attached hydrogens (primary N) is 1. The van der Waals surface area contributed by atoms with E-state index in [9.17, 15) is 4.79 Å². The Morgan fingerprint density at radius 3 is 3.00 bits per heavy atom. The van der Waals surface area contributed by atoms with Gasteiger partial charge in [0.2, 0.25) is 0 Å². The van der Waals surface area contributed by atoms with Crippen LogP contribution in [0.25, 0.3) is 10.1 Å². The van der Waals surface area contributed by atoms with Crippen molar-refractivity contribution in [1.29, 1.82) is 0 Å². The number of piperidine rings is 1. The zero-order valence-electron chi connectivity index (χ0n) is 10.1. The van der Waals surface area contributed by atoms with E-state index in [0.717, 1.165) is 29.6 Å². The van der Waals surface area contributed by atoms with E-state index in [1.807, 2.05) is 29.2 Å². The summed E-state index contributed by atoms with van der Waals surface area (Å²) in [4.78, 5) is 15.1. The average Bonchev–Trinajstić information content (AvgIpc) is 2.81. The maximum absolute atomic E-state index is 12.4. The topological polar surface area (TPSA) is 46.3 Å². The van der Waals surface area contributed by atoms with Crippen molar-refractivity contribution < 1.29 is 4.79 Å². The number of amides is 1. The van der Waals surface area contributed by atoms with Crippen LogP contribution in [-0.2, 0) is 0 Å². The quantitative estimate of drug-likeness (QED) is 0.856. The van der Waals surface area contributed by atoms with Gasteiger partial charge in [0, 0.05) is 23.8 Å². The van der Waals surface area contributed by atoms with Crippen molar-refractivity contribution in [1.82, 2.24) is 4.90 Å². The molecule has 0 saturated carbocycles. The van der Waals surface area contributed by atoms with E-state index in [4.69, 9.17) is 5.73 Å². The average molecular weight is 260 g/mol. The SMILES string of the molecule is N[C@@H]1CCCN(C(=O)c2cc3ccccc3s2)C1. The number of hydrogen-bond donors (Lipinski definition) is 1. The highest BCUT2D eigenvalue weighted by molar-refractivity contribution is 7.20. The minimum atomic E-state index is 0.131. The molecule has 3 nitrogen and oxygen atoms in total. The second-order valence-corrected chi connectivity index (χ2v) is 5.89. The molecular weight excluding hydrogens is 244 g/mol. The second kappa shape index (κ2) is 4.71. The van der Waals surface area contributed by atoms with Crippen LogP contribution in [0.15, 0.2) is 30.3 Å². The van der Waals surface area contributed by atoms with E-state index >= 15 is 0 Å². The Hall–Kier alpha value is -1.39. The molecule has 1 aromatic heterocycles. The van der Waals surface area contributed by atoms with Crippen molar-refractivity contribution in [3.63, 3.8) is 0 Å². The Kier molecular flexibility index (Phi) is 3.06. The van der Waals surface area contributed by atoms with Gasteiger partial charge in [0.25, 0.3) is 5.91 Å². The van der Waals surface area contributed by atoms with Crippen LogP contribution in [0.2, 0.25) is 0 Å². The highest BCUT2D eigenvalue weighted by atomic mass is 32.1. The monoisotopic (exact) mass is 260 g/mol. The van der Waals surface area contributed by atoms with Crippen LogP contribution in [-0.4, -0.2) is 29.9 Å². The van der Waals surface area contributed by atoms with E-state index in [-0.39, 0.29) is 11.9 Å². The number of benzene rings is 1. The Morgan fingerprint density at radius 2 is 2.22 bits per heavy atom. The highest BCUT2D eigenvalue weighted by Crippen LogP contribution is 2.27. The summed E-state index contributed by atoms with van der Waals surface area (Å²) >= 11 is 1.57. The highest BCUT2D eigenvalue weighted by Gasteiger charge is 2.23. The minimum absolute atomic E-state index is 0.131. The molecule has 0 bridgehead atoms. The van der Waals surface area contributed by atoms with Crippen LogP contribution in [0, 0.1) is 0 Å². The fraction of sp³-hybridized carbons (Fsp3) is 0.357. The summed E-state index contributed by atoms with van der Waals surface area (Å²) in [6.45, 7) is 1.52. The predicted octanol–water partition coefficient (Wildman–Crippen LogP) is 2.46. The lowest BCUT2D eigenvalue weighted by molar-refractivity contribution is 0.0714. The van der Waals surface area contributed by atoms with Crippen LogP contribution in [0.4, 0.5) is 0 Å². The van der Waals surface area contributed by atoms with Crippen LogP contribution in [0.3, 0.4) is 0 Å². The summed E-state index contributed by atoms with van der Waals surface area (Å²) in [6, 6.07) is 10.2. The van der Waals surface area contributed by atoms with Crippen molar-refractivity contribution >= 4 is 27.3 Å². The normalized spacial score (nSPS) is 20.3. The molecule has 94 valence electrons. The summed E-state index contributed by atoms with van der Waals surface area (Å²) in [6.07, 6.45) is 2.04. The third-order valence-corrected chi connectivity index (χ3v) is 4.49. The van der Waals surface area contributed by atoms with Crippen molar-refractivity contribution in [2.45, 2.75) is 18.9 Å². The van der Waals surface area contributed by atoms with Gasteiger partial charge in [0.05, 0.1) is 4.88 Å². The van der Waals surface area contributed by atoms with Gasteiger partial charge in [-0.15, -0.1) is 11.3 Å². The lowest BCUT2D eigenvalue weighted by Crippen LogP contribution is -2.45. The van der Waals surface area contributed by atoms with Gasteiger partial charge in [-0.05, 0) is 30.4 Å². The number of carbonyl (C=O) groups is 1. The number of hydrogen-bond acceptors (Lipinski definition) is 3. The Balaban J connectivity index is 1.87. The Morgan fingerprint density at radius 1 is 1.39 bits per heavy atom. The van der Waals surface area contributed by atoms with Crippen molar-refractivity contribution in [2.24, 2.45) is 5.73 Å². The lowest BCUT2D eigenvalue weighted by Gasteiger charge is -2.30. The van der Waals surface area contributed by atoms with Gasteiger partial charge in [-0.1, -0.05) is 18.2 Å². The molecule has 0 spiro atoms. The molecule has 2 N–H and O–H groups in total. The van der Waals surface area contributed by atoms with Crippen LogP contribution >= 0.6 is 11.3 Å². The number of nitrogens with zero attached hydrogens (tertiary/aromatic N) is 1. The first-order valence-electron chi connectivity index (χ1n) is 6.27. The first-order valence-corrected chi connectivity index (χ1v) is 7.09. The molecule has 2 heterocycles. The molecule has 1 aliphatic rings. The zero-order valence-corrected chi connectivity index (χ0v) is 11.0. The third kappa shape index (κ3) is 2.13. The fourth-order valence-corrected chi connectivity index (χ4v) is 3.47. The minimum Gasteiger partial charge on any atom is -0.336 e. The van der Waals surface area contributed by atoms with Crippen LogP contribution < -0.4 is 5.73 Å². The van der Waals surface area contributed by atoms with Crippen LogP contribution in [0.5, 0.6) is 0 Å². The van der Waals surface area contributed by atoms with E-state index in [2.05, 4.69) is 6.07 Å². The van der Waals surface area contributed by atoms with Crippen molar-refractivity contribution in [2.75, 3.05) is 13.1 Å². The largest absolute Gasteiger partial charge is 0.336 e. The number of thiophene rings is 1. The zero-order chi connectivity index (χ0) is 12.5. The number of likely N-dealkylation sites (tertiary alicyclic amines) is 1. The summed E-state index contributed by atoms with van der Waals surface area (Å²) in [5, 5.41) is 1.15. The first kappa shape index (κ1) is 11.7. The van der Waals surface area contributed by atoms with Gasteiger partial charge in [0.1, 0.15) is 0 Å². The maximum Gasteiger partial charge on any atom is 0.264 e. The van der Waals surface area contributed by atoms with E-state index in [1.165, 1.54) is 4.70 Å². The van der Waals surface area contributed by atoms with Gasteiger partial charge >= 0.3 is 0 Å². The van der Waals surface area contributed by atoms with E-state index in [0.29, 0.717) is 6.54 Å². The van der Waals surface area contributed by atoms with Gasteiger partial charge in [-0.3, -0.25) is 4.79 Å². The van der Waals surface area contributed by atoms with Crippen LogP contribution in [0.1, 0.15) is 22.5 Å². The molecule has 1 saturated heterocycles. The molecular formula is C14H16N2OS. The van der Waals surface area contributed by atoms with Crippen molar-refractivity contribution in [3.8, 4) is 0 Å². The number of fused-ring (bicyclic) bond motifs is 1. The van der Waals surface area contributed by atoms with E-state index < -0.39 is 0 Å². The molecule has 1 atom stereocenters. The molecule has 3 rings (SSSR count). The summed E-state index contributed by atoms with van der Waals surface area (Å²) in [5.41, 5.74) is 5.93. The predicted molar refractivity (Wildman–Crippen MR) is 74.9 cm³/mol. The third-order valence-electron chi connectivity index (χ3n) is 3.38. The van der Waals surface area contributed by atoms with Gasteiger partial charge in [-0.25, -0.2) is 0 Å². The molecule has 18 heavy (non-hydrogen) atoms. The summed E-state index contributed by atoms with van der Waals surface area (Å²) < 4.78 is 1.17. The molecule has 1 fully saturated rings. The second-order valence-electron chi connectivity index (χ2n) is 4.80. The first-order chi connectivity index (χ1) is 8.74. The van der Waals surface area contributed by atoms with Crippen molar-refractivity contribution in [3.05, 3.63) is 35.2 Å². The molecule has 4 heteroatoms. The Bertz CT molecular complexity index is 545. The molecule has 1 aliphatic heterocycles.